The lowest BCUT2D eigenvalue weighted by Gasteiger charge is -2.25. The van der Waals surface area contributed by atoms with E-state index in [-0.39, 0.29) is 5.41 Å². The standard InChI is InChI=1S/C8H16INO2/c1-8(2,3)6(9)4-5-10-7(11)12/h6,10H,4-5H2,1-3H3,(H,11,12). The van der Waals surface area contributed by atoms with Crippen LogP contribution in [0.2, 0.25) is 0 Å². The van der Waals surface area contributed by atoms with Crippen molar-refractivity contribution in [3.05, 3.63) is 0 Å². The van der Waals surface area contributed by atoms with E-state index in [0.717, 1.165) is 6.42 Å². The van der Waals surface area contributed by atoms with Crippen molar-refractivity contribution in [1.29, 1.82) is 0 Å². The molecule has 0 aliphatic carbocycles. The summed E-state index contributed by atoms with van der Waals surface area (Å²) in [6.45, 7) is 7.01. The second kappa shape index (κ2) is 4.89. The van der Waals surface area contributed by atoms with Gasteiger partial charge in [-0.25, -0.2) is 4.79 Å². The molecule has 1 unspecified atom stereocenters. The lowest BCUT2D eigenvalue weighted by Crippen LogP contribution is -2.28. The monoisotopic (exact) mass is 285 g/mol. The summed E-state index contributed by atoms with van der Waals surface area (Å²) < 4.78 is 0.502. The number of carbonyl (C=O) groups is 1. The molecular formula is C8H16INO2. The van der Waals surface area contributed by atoms with Crippen molar-refractivity contribution in [3.63, 3.8) is 0 Å². The largest absolute Gasteiger partial charge is 0.465 e. The Labute approximate surface area is 87.1 Å². The highest BCUT2D eigenvalue weighted by Gasteiger charge is 2.20. The van der Waals surface area contributed by atoms with Crippen LogP contribution in [-0.4, -0.2) is 21.7 Å². The third-order valence-corrected chi connectivity index (χ3v) is 4.10. The lowest BCUT2D eigenvalue weighted by molar-refractivity contribution is 0.194. The Hall–Kier alpha value is 0. The number of hydrogen-bond donors (Lipinski definition) is 2. The molecule has 72 valence electrons. The maximum Gasteiger partial charge on any atom is 0.404 e. The number of halogens is 1. The highest BCUT2D eigenvalue weighted by molar-refractivity contribution is 14.1. The van der Waals surface area contributed by atoms with Crippen molar-refractivity contribution in [2.45, 2.75) is 31.1 Å². The number of hydrogen-bond acceptors (Lipinski definition) is 1. The molecule has 3 nitrogen and oxygen atoms in total. The maximum atomic E-state index is 10.1. The van der Waals surface area contributed by atoms with Crippen molar-refractivity contribution < 1.29 is 9.90 Å². The van der Waals surface area contributed by atoms with Crippen molar-refractivity contribution in [2.75, 3.05) is 6.54 Å². The fraction of sp³-hybridized carbons (Fsp3) is 0.875. The van der Waals surface area contributed by atoms with E-state index in [2.05, 4.69) is 48.7 Å². The molecule has 0 fully saturated rings. The van der Waals surface area contributed by atoms with E-state index in [4.69, 9.17) is 5.11 Å². The van der Waals surface area contributed by atoms with E-state index in [1.54, 1.807) is 0 Å². The van der Waals surface area contributed by atoms with Gasteiger partial charge in [-0.05, 0) is 11.8 Å². The predicted molar refractivity (Wildman–Crippen MR) is 57.9 cm³/mol. The molecule has 12 heavy (non-hydrogen) atoms. The average molecular weight is 285 g/mol. The first-order chi connectivity index (χ1) is 5.34. The quantitative estimate of drug-likeness (QED) is 0.618. The number of amides is 1. The second-order valence-electron chi connectivity index (χ2n) is 3.85. The summed E-state index contributed by atoms with van der Waals surface area (Å²) in [6.07, 6.45) is -0.0522. The van der Waals surface area contributed by atoms with Gasteiger partial charge in [0.1, 0.15) is 0 Å². The van der Waals surface area contributed by atoms with Gasteiger partial charge in [-0.15, -0.1) is 0 Å². The molecule has 0 bridgehead atoms. The van der Waals surface area contributed by atoms with Crippen LogP contribution in [0, 0.1) is 5.41 Å². The van der Waals surface area contributed by atoms with Gasteiger partial charge in [0.2, 0.25) is 0 Å². The van der Waals surface area contributed by atoms with Crippen LogP contribution in [0.25, 0.3) is 0 Å². The Morgan fingerprint density at radius 3 is 2.42 bits per heavy atom. The van der Waals surface area contributed by atoms with Crippen LogP contribution in [0.15, 0.2) is 0 Å². The molecule has 0 rings (SSSR count). The number of alkyl halides is 1. The topological polar surface area (TPSA) is 49.3 Å². The van der Waals surface area contributed by atoms with E-state index in [1.807, 2.05) is 0 Å². The summed E-state index contributed by atoms with van der Waals surface area (Å²) in [7, 11) is 0. The summed E-state index contributed by atoms with van der Waals surface area (Å²) in [4.78, 5) is 10.1. The van der Waals surface area contributed by atoms with Gasteiger partial charge in [-0.2, -0.15) is 0 Å². The van der Waals surface area contributed by atoms with Crippen LogP contribution in [-0.2, 0) is 0 Å². The fourth-order valence-electron chi connectivity index (χ4n) is 0.739. The summed E-state index contributed by atoms with van der Waals surface area (Å²) in [5.41, 5.74) is 0.251. The Bertz CT molecular complexity index is 154. The molecule has 0 aromatic rings. The summed E-state index contributed by atoms with van der Waals surface area (Å²) >= 11 is 2.36. The molecule has 1 atom stereocenters. The molecule has 0 saturated heterocycles. The molecule has 2 N–H and O–H groups in total. The van der Waals surface area contributed by atoms with E-state index < -0.39 is 6.09 Å². The van der Waals surface area contributed by atoms with Gasteiger partial charge in [-0.1, -0.05) is 43.4 Å². The van der Waals surface area contributed by atoms with Crippen molar-refractivity contribution >= 4 is 28.7 Å². The maximum absolute atomic E-state index is 10.1. The van der Waals surface area contributed by atoms with Gasteiger partial charge in [0.25, 0.3) is 0 Å². The fourth-order valence-corrected chi connectivity index (χ4v) is 1.05. The van der Waals surface area contributed by atoms with E-state index in [0.29, 0.717) is 10.5 Å². The van der Waals surface area contributed by atoms with E-state index >= 15 is 0 Å². The Morgan fingerprint density at radius 2 is 2.08 bits per heavy atom. The van der Waals surface area contributed by atoms with Crippen LogP contribution < -0.4 is 5.32 Å². The Morgan fingerprint density at radius 1 is 1.58 bits per heavy atom. The number of nitrogens with one attached hydrogen (secondary N) is 1. The molecule has 0 spiro atoms. The van der Waals surface area contributed by atoms with Crippen LogP contribution >= 0.6 is 22.6 Å². The molecule has 0 aliphatic heterocycles. The normalized spacial score (nSPS) is 14.0. The van der Waals surface area contributed by atoms with E-state index in [9.17, 15) is 4.79 Å². The molecule has 0 saturated carbocycles. The minimum atomic E-state index is -0.937. The van der Waals surface area contributed by atoms with Crippen LogP contribution in [0.4, 0.5) is 4.79 Å². The lowest BCUT2D eigenvalue weighted by atomic mass is 9.90. The average Bonchev–Trinajstić information content (AvgIpc) is 1.84. The number of carboxylic acid groups (broad SMARTS) is 1. The molecule has 0 radical (unpaired) electrons. The second-order valence-corrected chi connectivity index (χ2v) is 5.36. The third kappa shape index (κ3) is 5.62. The van der Waals surface area contributed by atoms with Gasteiger partial charge >= 0.3 is 6.09 Å². The first-order valence-electron chi connectivity index (χ1n) is 3.95. The number of rotatable bonds is 3. The zero-order valence-corrected chi connectivity index (χ0v) is 9.88. The SMILES string of the molecule is CC(C)(C)C(I)CCNC(=O)O. The van der Waals surface area contributed by atoms with E-state index in [1.165, 1.54) is 0 Å². The van der Waals surface area contributed by atoms with Gasteiger partial charge in [0.15, 0.2) is 0 Å². The van der Waals surface area contributed by atoms with Gasteiger partial charge in [0, 0.05) is 10.5 Å². The smallest absolute Gasteiger partial charge is 0.404 e. The highest BCUT2D eigenvalue weighted by Crippen LogP contribution is 2.28. The van der Waals surface area contributed by atoms with Gasteiger partial charge in [0.05, 0.1) is 0 Å². The zero-order chi connectivity index (χ0) is 9.78. The van der Waals surface area contributed by atoms with Crippen molar-refractivity contribution in [1.82, 2.24) is 5.32 Å². The summed E-state index contributed by atoms with van der Waals surface area (Å²) in [5.74, 6) is 0. The molecule has 0 heterocycles. The first kappa shape index (κ1) is 12.0. The molecule has 0 aromatic heterocycles. The third-order valence-electron chi connectivity index (χ3n) is 1.61. The molecule has 0 aromatic carbocycles. The van der Waals surface area contributed by atoms with Gasteiger partial charge < -0.3 is 10.4 Å². The van der Waals surface area contributed by atoms with Crippen LogP contribution in [0.1, 0.15) is 27.2 Å². The Balaban J connectivity index is 3.58. The van der Waals surface area contributed by atoms with Crippen LogP contribution in [0.5, 0.6) is 0 Å². The molecule has 1 amide bonds. The van der Waals surface area contributed by atoms with Crippen molar-refractivity contribution in [2.24, 2.45) is 5.41 Å². The molecule has 0 aliphatic rings. The Kier molecular flexibility index (Phi) is 4.89. The van der Waals surface area contributed by atoms with Crippen molar-refractivity contribution in [3.8, 4) is 0 Å². The summed E-state index contributed by atoms with van der Waals surface area (Å²) in [6, 6.07) is 0. The highest BCUT2D eigenvalue weighted by atomic mass is 127. The van der Waals surface area contributed by atoms with Gasteiger partial charge in [-0.3, -0.25) is 0 Å². The first-order valence-corrected chi connectivity index (χ1v) is 5.19. The predicted octanol–water partition coefficient (Wildman–Crippen LogP) is 2.49. The minimum Gasteiger partial charge on any atom is -0.465 e. The minimum absolute atomic E-state index is 0.251. The molecule has 4 heteroatoms. The zero-order valence-electron chi connectivity index (χ0n) is 7.72. The van der Waals surface area contributed by atoms with Crippen LogP contribution in [0.3, 0.4) is 0 Å². The molecular weight excluding hydrogens is 269 g/mol. The summed E-state index contributed by atoms with van der Waals surface area (Å²) in [5, 5.41) is 10.7.